The van der Waals surface area contributed by atoms with Crippen LogP contribution in [-0.2, 0) is 21.3 Å². The van der Waals surface area contributed by atoms with E-state index in [1.54, 1.807) is 0 Å². The van der Waals surface area contributed by atoms with Crippen LogP contribution in [0.5, 0.6) is 0 Å². The number of morpholine rings is 1. The summed E-state index contributed by atoms with van der Waals surface area (Å²) in [5.74, 6) is 0. The molecule has 104 valence electrons. The molecule has 0 aromatic heterocycles. The Hall–Kier alpha value is -0.900. The monoisotopic (exact) mass is 261 g/mol. The Morgan fingerprint density at radius 2 is 2.00 bits per heavy atom. The molecule has 1 unspecified atom stereocenters. The number of aryl methyl sites for hydroxylation is 1. The molecular formula is C16H23NO2. The van der Waals surface area contributed by atoms with E-state index in [9.17, 15) is 0 Å². The summed E-state index contributed by atoms with van der Waals surface area (Å²) >= 11 is 0. The number of rotatable bonds is 4. The van der Waals surface area contributed by atoms with Gasteiger partial charge in [-0.1, -0.05) is 31.2 Å². The SMILES string of the molecule is CCc1ccc(C2(CC3COCCN3)COC2)cc1. The molecule has 2 saturated heterocycles. The van der Waals surface area contributed by atoms with Crippen LogP contribution in [0.25, 0.3) is 0 Å². The zero-order valence-corrected chi connectivity index (χ0v) is 11.7. The predicted octanol–water partition coefficient (Wildman–Crippen LogP) is 1.90. The van der Waals surface area contributed by atoms with Gasteiger partial charge >= 0.3 is 0 Å². The molecular weight excluding hydrogens is 238 g/mol. The second-order valence-corrected chi connectivity index (χ2v) is 5.75. The molecule has 2 fully saturated rings. The van der Waals surface area contributed by atoms with Crippen molar-refractivity contribution in [3.63, 3.8) is 0 Å². The van der Waals surface area contributed by atoms with Crippen LogP contribution >= 0.6 is 0 Å². The molecule has 0 amide bonds. The van der Waals surface area contributed by atoms with Crippen molar-refractivity contribution in [3.8, 4) is 0 Å². The van der Waals surface area contributed by atoms with Crippen molar-refractivity contribution in [2.75, 3.05) is 33.0 Å². The van der Waals surface area contributed by atoms with Crippen molar-refractivity contribution < 1.29 is 9.47 Å². The molecule has 1 aromatic rings. The van der Waals surface area contributed by atoms with Gasteiger partial charge in [0.05, 0.1) is 26.4 Å². The molecule has 0 saturated carbocycles. The molecule has 0 aliphatic carbocycles. The number of benzene rings is 1. The van der Waals surface area contributed by atoms with E-state index < -0.39 is 0 Å². The lowest BCUT2D eigenvalue weighted by molar-refractivity contribution is -0.0753. The lowest BCUT2D eigenvalue weighted by atomic mass is 9.73. The van der Waals surface area contributed by atoms with Gasteiger partial charge in [0.2, 0.25) is 0 Å². The molecule has 0 spiro atoms. The minimum absolute atomic E-state index is 0.199. The van der Waals surface area contributed by atoms with Crippen LogP contribution in [-0.4, -0.2) is 39.0 Å². The second-order valence-electron chi connectivity index (χ2n) is 5.75. The fourth-order valence-corrected chi connectivity index (χ4v) is 3.07. The minimum atomic E-state index is 0.199. The van der Waals surface area contributed by atoms with Gasteiger partial charge in [0.1, 0.15) is 0 Å². The van der Waals surface area contributed by atoms with Gasteiger partial charge < -0.3 is 14.8 Å². The molecule has 0 radical (unpaired) electrons. The molecule has 1 N–H and O–H groups in total. The van der Waals surface area contributed by atoms with Crippen LogP contribution in [0.15, 0.2) is 24.3 Å². The van der Waals surface area contributed by atoms with Crippen molar-refractivity contribution in [1.82, 2.24) is 5.32 Å². The van der Waals surface area contributed by atoms with Crippen molar-refractivity contribution in [1.29, 1.82) is 0 Å². The Labute approximate surface area is 115 Å². The smallest absolute Gasteiger partial charge is 0.0620 e. The normalized spacial score (nSPS) is 25.8. The quantitative estimate of drug-likeness (QED) is 0.898. The summed E-state index contributed by atoms with van der Waals surface area (Å²) in [6.07, 6.45) is 2.21. The molecule has 0 bridgehead atoms. The van der Waals surface area contributed by atoms with Crippen molar-refractivity contribution >= 4 is 0 Å². The molecule has 3 rings (SSSR count). The fraction of sp³-hybridized carbons (Fsp3) is 0.625. The highest BCUT2D eigenvalue weighted by Crippen LogP contribution is 2.37. The molecule has 1 atom stereocenters. The Morgan fingerprint density at radius 3 is 2.53 bits per heavy atom. The number of nitrogens with one attached hydrogen (secondary N) is 1. The summed E-state index contributed by atoms with van der Waals surface area (Å²) in [6.45, 7) is 6.52. The maximum absolute atomic E-state index is 5.57. The Balaban J connectivity index is 1.73. The maximum atomic E-state index is 5.57. The van der Waals surface area contributed by atoms with E-state index in [2.05, 4.69) is 36.5 Å². The molecule has 3 heteroatoms. The van der Waals surface area contributed by atoms with E-state index in [0.29, 0.717) is 6.04 Å². The summed E-state index contributed by atoms with van der Waals surface area (Å²) in [6, 6.07) is 9.53. The Morgan fingerprint density at radius 1 is 1.21 bits per heavy atom. The number of hydrogen-bond acceptors (Lipinski definition) is 3. The average Bonchev–Trinajstić information content (AvgIpc) is 2.44. The summed E-state index contributed by atoms with van der Waals surface area (Å²) in [7, 11) is 0. The van der Waals surface area contributed by atoms with E-state index in [0.717, 1.165) is 45.8 Å². The van der Waals surface area contributed by atoms with Crippen LogP contribution in [0.3, 0.4) is 0 Å². The second kappa shape index (κ2) is 5.61. The summed E-state index contributed by atoms with van der Waals surface area (Å²) < 4.78 is 11.1. The fourth-order valence-electron chi connectivity index (χ4n) is 3.07. The number of ether oxygens (including phenoxy) is 2. The molecule has 2 aliphatic rings. The van der Waals surface area contributed by atoms with Crippen LogP contribution in [0.1, 0.15) is 24.5 Å². The Bertz CT molecular complexity index is 405. The molecule has 19 heavy (non-hydrogen) atoms. The predicted molar refractivity (Wildman–Crippen MR) is 75.5 cm³/mol. The van der Waals surface area contributed by atoms with E-state index in [1.165, 1.54) is 11.1 Å². The minimum Gasteiger partial charge on any atom is -0.379 e. The van der Waals surface area contributed by atoms with Gasteiger partial charge in [0.25, 0.3) is 0 Å². The third kappa shape index (κ3) is 2.69. The molecule has 1 aromatic carbocycles. The van der Waals surface area contributed by atoms with Crippen molar-refractivity contribution in [3.05, 3.63) is 35.4 Å². The van der Waals surface area contributed by atoms with Crippen LogP contribution in [0.2, 0.25) is 0 Å². The first kappa shape index (κ1) is 13.1. The molecule has 2 aliphatic heterocycles. The van der Waals surface area contributed by atoms with E-state index in [1.807, 2.05) is 0 Å². The van der Waals surface area contributed by atoms with Gasteiger partial charge in [-0.2, -0.15) is 0 Å². The van der Waals surface area contributed by atoms with Gasteiger partial charge in [0, 0.05) is 18.0 Å². The third-order valence-electron chi connectivity index (χ3n) is 4.37. The Kier molecular flexibility index (Phi) is 3.87. The van der Waals surface area contributed by atoms with E-state index in [-0.39, 0.29) is 5.41 Å². The van der Waals surface area contributed by atoms with Gasteiger partial charge in [0.15, 0.2) is 0 Å². The standard InChI is InChI=1S/C16H23NO2/c1-2-13-3-5-14(6-4-13)16(11-19-12-16)9-15-10-18-8-7-17-15/h3-6,15,17H,2,7-12H2,1H3. The van der Waals surface area contributed by atoms with Crippen LogP contribution < -0.4 is 5.32 Å². The first-order valence-electron chi connectivity index (χ1n) is 7.31. The molecule has 2 heterocycles. The number of hydrogen-bond donors (Lipinski definition) is 1. The maximum Gasteiger partial charge on any atom is 0.0620 e. The van der Waals surface area contributed by atoms with Gasteiger partial charge in [-0.15, -0.1) is 0 Å². The lowest BCUT2D eigenvalue weighted by Crippen LogP contribution is -2.53. The van der Waals surface area contributed by atoms with Crippen LogP contribution in [0, 0.1) is 0 Å². The highest BCUT2D eigenvalue weighted by molar-refractivity contribution is 5.31. The molecule has 3 nitrogen and oxygen atoms in total. The first-order chi connectivity index (χ1) is 9.32. The van der Waals surface area contributed by atoms with Crippen molar-refractivity contribution in [2.45, 2.75) is 31.2 Å². The van der Waals surface area contributed by atoms with Gasteiger partial charge in [-0.3, -0.25) is 0 Å². The largest absolute Gasteiger partial charge is 0.379 e. The van der Waals surface area contributed by atoms with Crippen molar-refractivity contribution in [2.24, 2.45) is 0 Å². The van der Waals surface area contributed by atoms with E-state index in [4.69, 9.17) is 9.47 Å². The van der Waals surface area contributed by atoms with E-state index >= 15 is 0 Å². The van der Waals surface area contributed by atoms with Gasteiger partial charge in [-0.25, -0.2) is 0 Å². The first-order valence-corrected chi connectivity index (χ1v) is 7.31. The third-order valence-corrected chi connectivity index (χ3v) is 4.37. The lowest BCUT2D eigenvalue weighted by Gasteiger charge is -2.45. The average molecular weight is 261 g/mol. The highest BCUT2D eigenvalue weighted by atomic mass is 16.5. The summed E-state index contributed by atoms with van der Waals surface area (Å²) in [5, 5.41) is 3.55. The zero-order valence-electron chi connectivity index (χ0n) is 11.7. The highest BCUT2D eigenvalue weighted by Gasteiger charge is 2.42. The van der Waals surface area contributed by atoms with Crippen LogP contribution in [0.4, 0.5) is 0 Å². The zero-order chi connectivity index (χ0) is 13.1. The topological polar surface area (TPSA) is 30.5 Å². The van der Waals surface area contributed by atoms with Gasteiger partial charge in [-0.05, 0) is 24.0 Å². The summed E-state index contributed by atoms with van der Waals surface area (Å²) in [4.78, 5) is 0. The summed E-state index contributed by atoms with van der Waals surface area (Å²) in [5.41, 5.74) is 3.02.